The molecule has 0 radical (unpaired) electrons. The first-order chi connectivity index (χ1) is 10.3. The van der Waals surface area contributed by atoms with E-state index in [9.17, 15) is 0 Å². The summed E-state index contributed by atoms with van der Waals surface area (Å²) in [6.45, 7) is 0.760. The number of hydrogen-bond acceptors (Lipinski definition) is 4. The highest BCUT2D eigenvalue weighted by Crippen LogP contribution is 2.29. The van der Waals surface area contributed by atoms with E-state index in [0.717, 1.165) is 25.9 Å². The molecule has 0 bridgehead atoms. The number of aromatic nitrogens is 2. The van der Waals surface area contributed by atoms with Gasteiger partial charge in [0.1, 0.15) is 18.0 Å². The molecule has 1 aliphatic heterocycles. The summed E-state index contributed by atoms with van der Waals surface area (Å²) in [6.07, 6.45) is 6.55. The van der Waals surface area contributed by atoms with Crippen LogP contribution in [0, 0.1) is 11.3 Å². The van der Waals surface area contributed by atoms with E-state index in [1.165, 1.54) is 0 Å². The van der Waals surface area contributed by atoms with Crippen molar-refractivity contribution in [2.45, 2.75) is 25.5 Å². The Morgan fingerprint density at radius 3 is 3.10 bits per heavy atom. The van der Waals surface area contributed by atoms with Gasteiger partial charge in [-0.1, -0.05) is 11.6 Å². The van der Waals surface area contributed by atoms with Gasteiger partial charge >= 0.3 is 0 Å². The monoisotopic (exact) mass is 303 g/mol. The zero-order valence-corrected chi connectivity index (χ0v) is 12.1. The van der Waals surface area contributed by atoms with Crippen LogP contribution in [0.4, 0.5) is 0 Å². The molecule has 1 fully saturated rings. The van der Waals surface area contributed by atoms with E-state index in [4.69, 9.17) is 26.3 Å². The molecule has 21 heavy (non-hydrogen) atoms. The van der Waals surface area contributed by atoms with Gasteiger partial charge in [-0.3, -0.25) is 0 Å². The molecule has 0 N–H and O–H groups in total. The maximum atomic E-state index is 9.10. The van der Waals surface area contributed by atoms with Crippen molar-refractivity contribution in [1.29, 1.82) is 5.26 Å². The van der Waals surface area contributed by atoms with Crippen LogP contribution in [0.25, 0.3) is 0 Å². The number of nitriles is 1. The van der Waals surface area contributed by atoms with Crippen LogP contribution in [-0.4, -0.2) is 16.4 Å². The molecule has 0 saturated carbocycles. The van der Waals surface area contributed by atoms with E-state index >= 15 is 0 Å². The van der Waals surface area contributed by atoms with Gasteiger partial charge in [-0.15, -0.1) is 0 Å². The standard InChI is InChI=1S/C15H14ClN3O2/c16-12-4-5-14(11(7-12)8-17)21-13-9-18-19(10-13)15-3-1-2-6-20-15/h4-5,7,9-10,15H,1-3,6H2. The van der Waals surface area contributed by atoms with E-state index in [-0.39, 0.29) is 6.23 Å². The van der Waals surface area contributed by atoms with Gasteiger partial charge < -0.3 is 9.47 Å². The fraction of sp³-hybridized carbons (Fsp3) is 0.333. The molecule has 0 aliphatic carbocycles. The van der Waals surface area contributed by atoms with Gasteiger partial charge in [0.2, 0.25) is 0 Å². The fourth-order valence-corrected chi connectivity index (χ4v) is 2.44. The lowest BCUT2D eigenvalue weighted by Gasteiger charge is -2.22. The lowest BCUT2D eigenvalue weighted by molar-refractivity contribution is -0.0395. The van der Waals surface area contributed by atoms with Crippen LogP contribution in [0.3, 0.4) is 0 Å². The second kappa shape index (κ2) is 6.17. The first kappa shape index (κ1) is 13.9. The quantitative estimate of drug-likeness (QED) is 0.863. The van der Waals surface area contributed by atoms with Gasteiger partial charge in [-0.25, -0.2) is 4.68 Å². The zero-order valence-electron chi connectivity index (χ0n) is 11.3. The Morgan fingerprint density at radius 2 is 2.33 bits per heavy atom. The Bertz CT molecular complexity index is 672. The SMILES string of the molecule is N#Cc1cc(Cl)ccc1Oc1cnn(C2CCCCO2)c1. The van der Waals surface area contributed by atoms with Gasteiger partial charge in [0.25, 0.3) is 0 Å². The largest absolute Gasteiger partial charge is 0.453 e. The van der Waals surface area contributed by atoms with Crippen LogP contribution in [0.15, 0.2) is 30.6 Å². The van der Waals surface area contributed by atoms with E-state index in [2.05, 4.69) is 11.2 Å². The second-order valence-electron chi connectivity index (χ2n) is 4.83. The highest BCUT2D eigenvalue weighted by Gasteiger charge is 2.17. The van der Waals surface area contributed by atoms with Crippen LogP contribution >= 0.6 is 11.6 Å². The van der Waals surface area contributed by atoms with E-state index in [1.54, 1.807) is 35.3 Å². The topological polar surface area (TPSA) is 60.1 Å². The molecule has 1 aromatic carbocycles. The maximum Gasteiger partial charge on any atom is 0.165 e. The van der Waals surface area contributed by atoms with Crippen molar-refractivity contribution in [2.24, 2.45) is 0 Å². The predicted molar refractivity (Wildman–Crippen MR) is 77.3 cm³/mol. The molecule has 1 unspecified atom stereocenters. The van der Waals surface area contributed by atoms with Gasteiger partial charge in [0, 0.05) is 11.6 Å². The predicted octanol–water partition coefficient (Wildman–Crippen LogP) is 3.90. The van der Waals surface area contributed by atoms with Crippen molar-refractivity contribution in [2.75, 3.05) is 6.61 Å². The lowest BCUT2D eigenvalue weighted by atomic mass is 10.2. The van der Waals surface area contributed by atoms with Gasteiger partial charge in [0.15, 0.2) is 5.75 Å². The lowest BCUT2D eigenvalue weighted by Crippen LogP contribution is -2.18. The average Bonchev–Trinajstić information content (AvgIpc) is 2.98. The fourth-order valence-electron chi connectivity index (χ4n) is 2.27. The summed E-state index contributed by atoms with van der Waals surface area (Å²) in [5.74, 6) is 1.04. The molecule has 1 aromatic heterocycles. The smallest absolute Gasteiger partial charge is 0.165 e. The molecule has 0 amide bonds. The van der Waals surface area contributed by atoms with Crippen LogP contribution in [0.1, 0.15) is 31.1 Å². The average molecular weight is 304 g/mol. The van der Waals surface area contributed by atoms with Crippen molar-refractivity contribution in [3.63, 3.8) is 0 Å². The Hall–Kier alpha value is -2.03. The molecule has 2 aromatic rings. The summed E-state index contributed by atoms with van der Waals surface area (Å²) >= 11 is 5.86. The summed E-state index contributed by atoms with van der Waals surface area (Å²) in [4.78, 5) is 0. The van der Waals surface area contributed by atoms with Crippen LogP contribution in [0.5, 0.6) is 11.5 Å². The molecule has 1 saturated heterocycles. The summed E-state index contributed by atoms with van der Waals surface area (Å²) < 4.78 is 13.1. The van der Waals surface area contributed by atoms with Gasteiger partial charge in [0.05, 0.1) is 18.0 Å². The minimum absolute atomic E-state index is 0.0308. The van der Waals surface area contributed by atoms with Crippen LogP contribution in [-0.2, 0) is 4.74 Å². The molecule has 0 spiro atoms. The van der Waals surface area contributed by atoms with Crippen molar-refractivity contribution in [1.82, 2.24) is 9.78 Å². The summed E-state index contributed by atoms with van der Waals surface area (Å²) in [7, 11) is 0. The molecule has 3 rings (SSSR count). The number of halogens is 1. The van der Waals surface area contributed by atoms with E-state index in [1.807, 2.05) is 0 Å². The summed E-state index contributed by atoms with van der Waals surface area (Å²) in [6, 6.07) is 7.00. The Kier molecular flexibility index (Phi) is 4.09. The maximum absolute atomic E-state index is 9.10. The summed E-state index contributed by atoms with van der Waals surface area (Å²) in [5.41, 5.74) is 0.393. The molecule has 1 aliphatic rings. The Labute approximate surface area is 127 Å². The summed E-state index contributed by atoms with van der Waals surface area (Å²) in [5, 5.41) is 13.9. The van der Waals surface area contributed by atoms with Crippen molar-refractivity contribution >= 4 is 11.6 Å². The van der Waals surface area contributed by atoms with Crippen molar-refractivity contribution in [3.8, 4) is 17.6 Å². The molecule has 1 atom stereocenters. The molecule has 2 heterocycles. The number of nitrogens with zero attached hydrogens (tertiary/aromatic N) is 3. The van der Waals surface area contributed by atoms with E-state index in [0.29, 0.717) is 22.1 Å². The number of ether oxygens (including phenoxy) is 2. The minimum Gasteiger partial charge on any atom is -0.453 e. The van der Waals surface area contributed by atoms with Gasteiger partial charge in [-0.2, -0.15) is 10.4 Å². The first-order valence-electron chi connectivity index (χ1n) is 6.79. The van der Waals surface area contributed by atoms with Crippen molar-refractivity contribution in [3.05, 3.63) is 41.2 Å². The molecular weight excluding hydrogens is 290 g/mol. The highest BCUT2D eigenvalue weighted by molar-refractivity contribution is 6.30. The second-order valence-corrected chi connectivity index (χ2v) is 5.27. The van der Waals surface area contributed by atoms with Crippen molar-refractivity contribution < 1.29 is 9.47 Å². The zero-order chi connectivity index (χ0) is 14.7. The number of benzene rings is 1. The third-order valence-electron chi connectivity index (χ3n) is 3.32. The normalized spacial score (nSPS) is 18.2. The first-order valence-corrected chi connectivity index (χ1v) is 7.17. The molecule has 5 nitrogen and oxygen atoms in total. The highest BCUT2D eigenvalue weighted by atomic mass is 35.5. The molecule has 6 heteroatoms. The number of hydrogen-bond donors (Lipinski definition) is 0. The minimum atomic E-state index is -0.0308. The van der Waals surface area contributed by atoms with E-state index < -0.39 is 0 Å². The van der Waals surface area contributed by atoms with Gasteiger partial charge in [-0.05, 0) is 37.5 Å². The third-order valence-corrected chi connectivity index (χ3v) is 3.55. The van der Waals surface area contributed by atoms with Crippen LogP contribution in [0.2, 0.25) is 5.02 Å². The Morgan fingerprint density at radius 1 is 1.43 bits per heavy atom. The molecular formula is C15H14ClN3O2. The Balaban J connectivity index is 1.77. The van der Waals surface area contributed by atoms with Crippen LogP contribution < -0.4 is 4.74 Å². The third kappa shape index (κ3) is 3.18. The molecule has 108 valence electrons. The number of rotatable bonds is 3.